The predicted octanol–water partition coefficient (Wildman–Crippen LogP) is 2.00. The van der Waals surface area contributed by atoms with Crippen LogP contribution in [0.2, 0.25) is 0 Å². The minimum atomic E-state index is -2.90. The van der Waals surface area contributed by atoms with E-state index in [1.165, 1.54) is 6.26 Å². The van der Waals surface area contributed by atoms with Crippen molar-refractivity contribution in [3.05, 3.63) is 28.9 Å². The predicted molar refractivity (Wildman–Crippen MR) is 100 cm³/mol. The van der Waals surface area contributed by atoms with Gasteiger partial charge in [-0.1, -0.05) is 15.9 Å². The van der Waals surface area contributed by atoms with Gasteiger partial charge in [-0.3, -0.25) is 4.98 Å². The van der Waals surface area contributed by atoms with E-state index in [1.807, 2.05) is 24.4 Å². The number of benzene rings is 1. The van der Waals surface area contributed by atoms with E-state index in [-0.39, 0.29) is 5.75 Å². The van der Waals surface area contributed by atoms with Crippen LogP contribution in [0.1, 0.15) is 12.8 Å². The van der Waals surface area contributed by atoms with E-state index in [4.69, 9.17) is 4.98 Å². The van der Waals surface area contributed by atoms with Crippen molar-refractivity contribution >= 4 is 42.6 Å². The van der Waals surface area contributed by atoms with E-state index in [1.54, 1.807) is 0 Å². The fourth-order valence-electron chi connectivity index (χ4n) is 2.89. The van der Waals surface area contributed by atoms with Crippen molar-refractivity contribution in [1.82, 2.24) is 15.3 Å². The van der Waals surface area contributed by atoms with Gasteiger partial charge in [0.05, 0.1) is 23.0 Å². The van der Waals surface area contributed by atoms with Crippen molar-refractivity contribution in [1.29, 1.82) is 0 Å². The zero-order valence-electron chi connectivity index (χ0n) is 13.6. The van der Waals surface area contributed by atoms with Gasteiger partial charge < -0.3 is 10.2 Å². The van der Waals surface area contributed by atoms with Crippen LogP contribution >= 0.6 is 15.9 Å². The third-order valence-electron chi connectivity index (χ3n) is 4.22. The van der Waals surface area contributed by atoms with Gasteiger partial charge in [0, 0.05) is 36.4 Å². The molecular weight excluding hydrogens is 392 g/mol. The zero-order chi connectivity index (χ0) is 17.2. The summed E-state index contributed by atoms with van der Waals surface area (Å²) < 4.78 is 23.3. The lowest BCUT2D eigenvalue weighted by Crippen LogP contribution is -2.44. The zero-order valence-corrected chi connectivity index (χ0v) is 16.0. The van der Waals surface area contributed by atoms with E-state index < -0.39 is 9.84 Å². The van der Waals surface area contributed by atoms with Gasteiger partial charge in [-0.2, -0.15) is 0 Å². The SMILES string of the molecule is CS(=O)(=O)CCNC1CCN(c2cnc3ccc(Br)cc3n2)CC1. The Labute approximate surface area is 150 Å². The number of aromatic nitrogens is 2. The van der Waals surface area contributed by atoms with E-state index >= 15 is 0 Å². The molecule has 0 saturated carbocycles. The van der Waals surface area contributed by atoms with Crippen LogP contribution in [-0.2, 0) is 9.84 Å². The van der Waals surface area contributed by atoms with Crippen LogP contribution in [0, 0.1) is 0 Å². The number of hydrogen-bond acceptors (Lipinski definition) is 6. The number of nitrogens with zero attached hydrogens (tertiary/aromatic N) is 3. The molecule has 2 aromatic rings. The van der Waals surface area contributed by atoms with Gasteiger partial charge in [0.2, 0.25) is 0 Å². The molecule has 1 aliphatic rings. The third-order valence-corrected chi connectivity index (χ3v) is 5.66. The third kappa shape index (κ3) is 4.64. The smallest absolute Gasteiger partial charge is 0.148 e. The van der Waals surface area contributed by atoms with Crippen molar-refractivity contribution in [2.45, 2.75) is 18.9 Å². The summed E-state index contributed by atoms with van der Waals surface area (Å²) in [6.45, 7) is 2.31. The highest BCUT2D eigenvalue weighted by Gasteiger charge is 2.20. The highest BCUT2D eigenvalue weighted by Crippen LogP contribution is 2.22. The molecule has 130 valence electrons. The van der Waals surface area contributed by atoms with Crippen LogP contribution in [0.4, 0.5) is 5.82 Å². The highest BCUT2D eigenvalue weighted by molar-refractivity contribution is 9.10. The number of nitrogens with one attached hydrogen (secondary N) is 1. The monoisotopic (exact) mass is 412 g/mol. The van der Waals surface area contributed by atoms with Gasteiger partial charge in [0.1, 0.15) is 15.7 Å². The van der Waals surface area contributed by atoms with Gasteiger partial charge in [0.25, 0.3) is 0 Å². The van der Waals surface area contributed by atoms with Crippen molar-refractivity contribution in [2.24, 2.45) is 0 Å². The molecule has 1 saturated heterocycles. The standard InChI is InChI=1S/C16H21BrN4O2S/c1-24(22,23)9-6-18-13-4-7-21(8-5-13)16-11-19-14-3-2-12(17)10-15(14)20-16/h2-3,10-11,13,18H,4-9H2,1H3. The molecule has 0 atom stereocenters. The molecule has 3 rings (SSSR count). The first-order chi connectivity index (χ1) is 11.4. The lowest BCUT2D eigenvalue weighted by Gasteiger charge is -2.33. The second-order valence-corrected chi connectivity index (χ2v) is 9.38. The number of piperidine rings is 1. The van der Waals surface area contributed by atoms with Gasteiger partial charge in [0.15, 0.2) is 0 Å². The first-order valence-electron chi connectivity index (χ1n) is 7.99. The Morgan fingerprint density at radius 2 is 2.04 bits per heavy atom. The summed E-state index contributed by atoms with van der Waals surface area (Å²) >= 11 is 3.47. The highest BCUT2D eigenvalue weighted by atomic mass is 79.9. The molecule has 0 bridgehead atoms. The topological polar surface area (TPSA) is 75.2 Å². The van der Waals surface area contributed by atoms with Gasteiger partial charge in [-0.05, 0) is 31.0 Å². The maximum atomic E-state index is 11.2. The first kappa shape index (κ1) is 17.6. The van der Waals surface area contributed by atoms with Crippen LogP contribution in [0.3, 0.4) is 0 Å². The normalized spacial score (nSPS) is 16.7. The average Bonchev–Trinajstić information content (AvgIpc) is 2.53. The molecule has 6 nitrogen and oxygen atoms in total. The second kappa shape index (κ2) is 7.33. The molecule has 8 heteroatoms. The summed E-state index contributed by atoms with van der Waals surface area (Å²) in [5.74, 6) is 1.09. The fourth-order valence-corrected chi connectivity index (χ4v) is 3.73. The number of hydrogen-bond donors (Lipinski definition) is 1. The quantitative estimate of drug-likeness (QED) is 0.808. The molecule has 0 unspecified atom stereocenters. The molecule has 24 heavy (non-hydrogen) atoms. The van der Waals surface area contributed by atoms with Crippen LogP contribution in [0.15, 0.2) is 28.9 Å². The average molecular weight is 413 g/mol. The van der Waals surface area contributed by atoms with Crippen LogP contribution < -0.4 is 10.2 Å². The Morgan fingerprint density at radius 1 is 1.29 bits per heavy atom. The first-order valence-corrected chi connectivity index (χ1v) is 10.8. The van der Waals surface area contributed by atoms with E-state index in [2.05, 4.69) is 31.1 Å². The maximum absolute atomic E-state index is 11.2. The van der Waals surface area contributed by atoms with E-state index in [0.717, 1.165) is 47.3 Å². The molecule has 2 heterocycles. The molecule has 0 aliphatic carbocycles. The van der Waals surface area contributed by atoms with Crippen LogP contribution in [-0.4, -0.2) is 56.1 Å². The Bertz CT molecular complexity index is 820. The molecular formula is C16H21BrN4O2S. The summed E-state index contributed by atoms with van der Waals surface area (Å²) in [5, 5.41) is 3.34. The molecule has 0 radical (unpaired) electrons. The number of sulfone groups is 1. The van der Waals surface area contributed by atoms with Crippen LogP contribution in [0.5, 0.6) is 0 Å². The summed E-state index contributed by atoms with van der Waals surface area (Å²) in [6, 6.07) is 6.26. The Hall–Kier alpha value is -1.25. The second-order valence-electron chi connectivity index (χ2n) is 6.21. The molecule has 1 aromatic carbocycles. The Morgan fingerprint density at radius 3 is 2.75 bits per heavy atom. The van der Waals surface area contributed by atoms with Crippen molar-refractivity contribution in [3.8, 4) is 0 Å². The molecule has 1 fully saturated rings. The fraction of sp³-hybridized carbons (Fsp3) is 0.500. The molecule has 1 aromatic heterocycles. The van der Waals surface area contributed by atoms with Crippen molar-refractivity contribution in [2.75, 3.05) is 36.5 Å². The van der Waals surface area contributed by atoms with Gasteiger partial charge in [-0.15, -0.1) is 0 Å². The van der Waals surface area contributed by atoms with Crippen molar-refractivity contribution in [3.63, 3.8) is 0 Å². The maximum Gasteiger partial charge on any atom is 0.148 e. The molecule has 0 amide bonds. The number of rotatable bonds is 5. The summed E-state index contributed by atoms with van der Waals surface area (Å²) in [4.78, 5) is 11.4. The Kier molecular flexibility index (Phi) is 5.36. The minimum absolute atomic E-state index is 0.193. The Balaban J connectivity index is 1.58. The van der Waals surface area contributed by atoms with Gasteiger partial charge in [-0.25, -0.2) is 13.4 Å². The molecule has 1 aliphatic heterocycles. The van der Waals surface area contributed by atoms with Gasteiger partial charge >= 0.3 is 0 Å². The minimum Gasteiger partial charge on any atom is -0.355 e. The van der Waals surface area contributed by atoms with E-state index in [0.29, 0.717) is 12.6 Å². The summed E-state index contributed by atoms with van der Waals surface area (Å²) in [6.07, 6.45) is 5.05. The summed E-state index contributed by atoms with van der Waals surface area (Å²) in [7, 11) is -2.90. The summed E-state index contributed by atoms with van der Waals surface area (Å²) in [5.41, 5.74) is 1.77. The number of halogens is 1. The van der Waals surface area contributed by atoms with Crippen molar-refractivity contribution < 1.29 is 8.42 Å². The number of anilines is 1. The van der Waals surface area contributed by atoms with Crippen LogP contribution in [0.25, 0.3) is 11.0 Å². The lowest BCUT2D eigenvalue weighted by atomic mass is 10.1. The lowest BCUT2D eigenvalue weighted by molar-refractivity contribution is 0.422. The molecule has 0 spiro atoms. The molecule has 1 N–H and O–H groups in total. The van der Waals surface area contributed by atoms with E-state index in [9.17, 15) is 8.42 Å². The largest absolute Gasteiger partial charge is 0.355 e. The number of fused-ring (bicyclic) bond motifs is 1.